The highest BCUT2D eigenvalue weighted by Gasteiger charge is 2.31. The van der Waals surface area contributed by atoms with Gasteiger partial charge in [0.05, 0.1) is 0 Å². The Balaban J connectivity index is 2.06. The molecular weight excluding hydrogens is 317 g/mol. The van der Waals surface area contributed by atoms with Crippen LogP contribution in [0.5, 0.6) is 5.75 Å². The zero-order valence-corrected chi connectivity index (χ0v) is 12.0. The summed E-state index contributed by atoms with van der Waals surface area (Å²) < 4.78 is 39.9. The summed E-state index contributed by atoms with van der Waals surface area (Å²) in [6.45, 7) is 0. The van der Waals surface area contributed by atoms with Crippen molar-refractivity contribution < 1.29 is 23.0 Å². The Bertz CT molecular complexity index is 644. The van der Waals surface area contributed by atoms with Gasteiger partial charge in [0.25, 0.3) is 0 Å². The fraction of sp³-hybridized carbons (Fsp3) is 0.286. The number of halogens is 3. The van der Waals surface area contributed by atoms with Crippen molar-refractivity contribution in [2.45, 2.75) is 19.2 Å². The molecule has 0 aromatic heterocycles. The van der Waals surface area contributed by atoms with Crippen molar-refractivity contribution in [3.8, 4) is 11.8 Å². The minimum Gasteiger partial charge on any atom is -0.511 e. The molecule has 0 heterocycles. The van der Waals surface area contributed by atoms with Crippen molar-refractivity contribution in [1.29, 1.82) is 5.26 Å². The predicted molar refractivity (Wildman–Crippen MR) is 77.3 cm³/mol. The summed E-state index contributed by atoms with van der Waals surface area (Å²) in [6, 6.07) is 6.74. The topological polar surface area (TPSA) is 65.3 Å². The fourth-order valence-corrected chi connectivity index (χ4v) is 1.99. The van der Waals surface area contributed by atoms with Gasteiger partial charge in [-0.1, -0.05) is 12.2 Å². The molecule has 0 unspecified atom stereocenters. The number of alkyl halides is 3. The molecule has 2 rings (SSSR count). The Kier molecular flexibility index (Phi) is 4.56. The Hall–Kier alpha value is -2.27. The second-order valence-electron chi connectivity index (χ2n) is 4.67. The smallest absolute Gasteiger partial charge is 0.511 e. The number of nitriles is 1. The van der Waals surface area contributed by atoms with Crippen LogP contribution >= 0.6 is 12.2 Å². The summed E-state index contributed by atoms with van der Waals surface area (Å²) in [7, 11) is 0. The molecule has 0 amide bonds. The van der Waals surface area contributed by atoms with Gasteiger partial charge in [-0.2, -0.15) is 5.26 Å². The third-order valence-corrected chi connectivity index (χ3v) is 3.21. The lowest BCUT2D eigenvalue weighted by molar-refractivity contribution is -0.274. The summed E-state index contributed by atoms with van der Waals surface area (Å²) in [4.78, 5) is 0.0244. The van der Waals surface area contributed by atoms with E-state index < -0.39 is 6.36 Å². The highest BCUT2D eigenvalue weighted by molar-refractivity contribution is 7.81. The maximum absolute atomic E-state index is 12.0. The Morgan fingerprint density at radius 3 is 2.36 bits per heavy atom. The molecule has 8 heteroatoms. The van der Waals surface area contributed by atoms with E-state index in [1.165, 1.54) is 12.1 Å². The van der Waals surface area contributed by atoms with E-state index in [1.807, 2.05) is 6.07 Å². The molecule has 1 fully saturated rings. The first kappa shape index (κ1) is 16.1. The van der Waals surface area contributed by atoms with Crippen LogP contribution in [0.2, 0.25) is 0 Å². The molecule has 2 N–H and O–H groups in total. The van der Waals surface area contributed by atoms with E-state index in [9.17, 15) is 18.3 Å². The lowest BCUT2D eigenvalue weighted by Gasteiger charge is -2.11. The molecule has 1 aromatic rings. The zero-order valence-electron chi connectivity index (χ0n) is 11.1. The molecule has 116 valence electrons. The number of anilines is 1. The van der Waals surface area contributed by atoms with E-state index in [-0.39, 0.29) is 28.0 Å². The normalized spacial score (nSPS) is 15.5. The monoisotopic (exact) mass is 328 g/mol. The molecule has 0 radical (unpaired) electrons. The van der Waals surface area contributed by atoms with Gasteiger partial charge in [-0.05, 0) is 37.1 Å². The van der Waals surface area contributed by atoms with Crippen molar-refractivity contribution in [1.82, 2.24) is 0 Å². The first-order valence-corrected chi connectivity index (χ1v) is 6.71. The van der Waals surface area contributed by atoms with Gasteiger partial charge in [-0.3, -0.25) is 0 Å². The third kappa shape index (κ3) is 4.36. The van der Waals surface area contributed by atoms with Gasteiger partial charge in [0, 0.05) is 11.6 Å². The standard InChI is InChI=1S/C14H11F3N2O2S/c15-14(16,17)21-10-5-3-9(4-6-10)19-13(22)11(7-18)12(20)8-1-2-8/h3-6,8,20H,1-2H2,(H,19,22). The van der Waals surface area contributed by atoms with E-state index in [2.05, 4.69) is 10.1 Å². The van der Waals surface area contributed by atoms with E-state index in [0.29, 0.717) is 5.69 Å². The molecule has 1 aliphatic rings. The Labute approximate surface area is 129 Å². The lowest BCUT2D eigenvalue weighted by atomic mass is 10.2. The van der Waals surface area contributed by atoms with Gasteiger partial charge in [-0.25, -0.2) is 0 Å². The number of hydrogen-bond donors (Lipinski definition) is 2. The lowest BCUT2D eigenvalue weighted by Crippen LogP contribution is -2.17. The summed E-state index contributed by atoms with van der Waals surface area (Å²) in [6.07, 6.45) is -3.14. The molecular formula is C14H11F3N2O2S. The number of hydrogen-bond acceptors (Lipinski definition) is 4. The summed E-state index contributed by atoms with van der Waals surface area (Å²) in [5.74, 6) is -0.435. The maximum Gasteiger partial charge on any atom is 0.573 e. The van der Waals surface area contributed by atoms with Crippen molar-refractivity contribution in [3.63, 3.8) is 0 Å². The second kappa shape index (κ2) is 6.23. The Morgan fingerprint density at radius 2 is 1.91 bits per heavy atom. The minimum atomic E-state index is -4.75. The number of ether oxygens (including phenoxy) is 1. The summed E-state index contributed by atoms with van der Waals surface area (Å²) in [5, 5.41) is 21.6. The van der Waals surface area contributed by atoms with Crippen molar-refractivity contribution in [3.05, 3.63) is 35.6 Å². The highest BCUT2D eigenvalue weighted by atomic mass is 32.1. The molecule has 1 aromatic carbocycles. The molecule has 4 nitrogen and oxygen atoms in total. The summed E-state index contributed by atoms with van der Waals surface area (Å²) >= 11 is 5.04. The number of allylic oxidation sites excluding steroid dienone is 1. The number of nitrogens with one attached hydrogen (secondary N) is 1. The fourth-order valence-electron chi connectivity index (χ4n) is 1.72. The van der Waals surface area contributed by atoms with Gasteiger partial charge in [0.1, 0.15) is 28.1 Å². The third-order valence-electron chi connectivity index (χ3n) is 2.90. The molecule has 0 saturated heterocycles. The predicted octanol–water partition coefficient (Wildman–Crippen LogP) is 4.07. The van der Waals surface area contributed by atoms with E-state index in [1.54, 1.807) is 0 Å². The first-order valence-electron chi connectivity index (χ1n) is 6.30. The number of aliphatic hydroxyl groups is 1. The van der Waals surface area contributed by atoms with Crippen LogP contribution < -0.4 is 10.1 Å². The number of aliphatic hydroxyl groups excluding tert-OH is 1. The van der Waals surface area contributed by atoms with Gasteiger partial charge in [-0.15, -0.1) is 13.2 Å². The van der Waals surface area contributed by atoms with Gasteiger partial charge in [0.2, 0.25) is 0 Å². The van der Waals surface area contributed by atoms with Crippen LogP contribution in [0.1, 0.15) is 12.8 Å². The van der Waals surface area contributed by atoms with E-state index in [0.717, 1.165) is 25.0 Å². The average Bonchev–Trinajstić information content (AvgIpc) is 3.24. The largest absolute Gasteiger partial charge is 0.573 e. The van der Waals surface area contributed by atoms with Crippen LogP contribution in [0.15, 0.2) is 35.6 Å². The SMILES string of the molecule is N#CC(C(=S)Nc1ccc(OC(F)(F)F)cc1)=C(O)C1CC1. The van der Waals surface area contributed by atoms with Crippen LogP contribution in [-0.4, -0.2) is 16.5 Å². The van der Waals surface area contributed by atoms with Gasteiger partial charge < -0.3 is 15.2 Å². The van der Waals surface area contributed by atoms with Gasteiger partial charge in [0.15, 0.2) is 0 Å². The van der Waals surface area contributed by atoms with E-state index >= 15 is 0 Å². The van der Waals surface area contributed by atoms with Crippen LogP contribution in [0.4, 0.5) is 18.9 Å². The summed E-state index contributed by atoms with van der Waals surface area (Å²) in [5.41, 5.74) is 0.365. The van der Waals surface area contributed by atoms with Crippen LogP contribution in [0.25, 0.3) is 0 Å². The quantitative estimate of drug-likeness (QED) is 0.377. The molecule has 22 heavy (non-hydrogen) atoms. The second-order valence-corrected chi connectivity index (χ2v) is 5.08. The van der Waals surface area contributed by atoms with Gasteiger partial charge >= 0.3 is 6.36 Å². The Morgan fingerprint density at radius 1 is 1.32 bits per heavy atom. The van der Waals surface area contributed by atoms with Crippen LogP contribution in [-0.2, 0) is 0 Å². The average molecular weight is 328 g/mol. The molecule has 1 saturated carbocycles. The van der Waals surface area contributed by atoms with Crippen LogP contribution in [0.3, 0.4) is 0 Å². The van der Waals surface area contributed by atoms with Crippen molar-refractivity contribution >= 4 is 22.9 Å². The molecule has 0 atom stereocenters. The van der Waals surface area contributed by atoms with Crippen molar-refractivity contribution in [2.24, 2.45) is 5.92 Å². The van der Waals surface area contributed by atoms with Crippen LogP contribution in [0, 0.1) is 17.2 Å². The van der Waals surface area contributed by atoms with E-state index in [4.69, 9.17) is 17.5 Å². The zero-order chi connectivity index (χ0) is 16.3. The maximum atomic E-state index is 12.0. The highest BCUT2D eigenvalue weighted by Crippen LogP contribution is 2.36. The van der Waals surface area contributed by atoms with Crippen molar-refractivity contribution in [2.75, 3.05) is 5.32 Å². The number of benzene rings is 1. The molecule has 0 spiro atoms. The number of rotatable bonds is 4. The molecule has 1 aliphatic carbocycles. The molecule has 0 bridgehead atoms. The minimum absolute atomic E-state index is 0.0203. The number of nitrogens with zero attached hydrogens (tertiary/aromatic N) is 1. The molecule has 0 aliphatic heterocycles. The first-order chi connectivity index (χ1) is 10.3. The number of thiocarbonyl (C=S) groups is 1.